The summed E-state index contributed by atoms with van der Waals surface area (Å²) in [5.74, 6) is -2.55. The van der Waals surface area contributed by atoms with E-state index in [9.17, 15) is 26.7 Å². The van der Waals surface area contributed by atoms with Crippen LogP contribution in [-0.2, 0) is 11.2 Å². The molecule has 19 heavy (non-hydrogen) atoms. The first kappa shape index (κ1) is 15.6. The van der Waals surface area contributed by atoms with E-state index < -0.39 is 46.7 Å². The number of carboxylic acids is 1. The molecule has 0 aromatic carbocycles. The molecule has 0 atom stereocenters. The molecule has 10 heteroatoms. The van der Waals surface area contributed by atoms with E-state index in [0.717, 1.165) is 0 Å². The third kappa shape index (κ3) is 4.30. The molecule has 0 spiro atoms. The van der Waals surface area contributed by atoms with E-state index in [-0.39, 0.29) is 0 Å². The van der Waals surface area contributed by atoms with E-state index in [1.54, 1.807) is 0 Å². The van der Waals surface area contributed by atoms with Gasteiger partial charge in [-0.1, -0.05) is 0 Å². The molecule has 0 bridgehead atoms. The number of hydrogen-bond donors (Lipinski definition) is 1. The van der Waals surface area contributed by atoms with Crippen LogP contribution in [0.2, 0.25) is 0 Å². The van der Waals surface area contributed by atoms with Crippen molar-refractivity contribution in [2.45, 2.75) is 19.2 Å². The third-order valence-electron chi connectivity index (χ3n) is 1.85. The monoisotopic (exact) mass is 349 g/mol. The highest BCUT2D eigenvalue weighted by atomic mass is 79.9. The number of aliphatic carboxylic acids is 1. The molecule has 0 aliphatic carbocycles. The van der Waals surface area contributed by atoms with Crippen LogP contribution in [0.3, 0.4) is 0 Å². The number of nitrogens with zero attached hydrogens (tertiary/aromatic N) is 1. The van der Waals surface area contributed by atoms with E-state index in [1.165, 1.54) is 0 Å². The average Bonchev–Trinajstić information content (AvgIpc) is 2.20. The van der Waals surface area contributed by atoms with Crippen LogP contribution in [0.4, 0.5) is 22.0 Å². The molecule has 0 radical (unpaired) electrons. The first-order chi connectivity index (χ1) is 8.61. The predicted octanol–water partition coefficient (Wildman–Crippen LogP) is 3.31. The molecular formula is C9H5BrF5NO3. The summed E-state index contributed by atoms with van der Waals surface area (Å²) in [6.07, 6.45) is -8.54. The Morgan fingerprint density at radius 3 is 2.47 bits per heavy atom. The first-order valence-corrected chi connectivity index (χ1v) is 5.34. The Balaban J connectivity index is 3.32. The zero-order chi connectivity index (χ0) is 14.8. The number of carboxylic acid groups (broad SMARTS) is 1. The Hall–Kier alpha value is -1.45. The van der Waals surface area contributed by atoms with Gasteiger partial charge in [-0.05, 0) is 15.9 Å². The first-order valence-electron chi connectivity index (χ1n) is 4.54. The van der Waals surface area contributed by atoms with Crippen molar-refractivity contribution in [1.82, 2.24) is 4.98 Å². The Bertz CT molecular complexity index is 491. The van der Waals surface area contributed by atoms with Crippen LogP contribution in [0, 0.1) is 0 Å². The molecular weight excluding hydrogens is 345 g/mol. The SMILES string of the molecule is O=C(O)Cc1ncc(C(F)F)c(Br)c1OC(F)(F)F. The normalized spacial score (nSPS) is 11.7. The van der Waals surface area contributed by atoms with Crippen molar-refractivity contribution in [3.8, 4) is 5.75 Å². The molecule has 0 saturated heterocycles. The van der Waals surface area contributed by atoms with Crippen LogP contribution in [-0.4, -0.2) is 22.4 Å². The second kappa shape index (κ2) is 5.68. The second-order valence-electron chi connectivity index (χ2n) is 3.22. The van der Waals surface area contributed by atoms with Gasteiger partial charge in [0.15, 0.2) is 5.75 Å². The summed E-state index contributed by atoms with van der Waals surface area (Å²) in [5.41, 5.74) is -1.44. The van der Waals surface area contributed by atoms with E-state index in [1.807, 2.05) is 0 Å². The van der Waals surface area contributed by atoms with Gasteiger partial charge in [-0.15, -0.1) is 13.2 Å². The summed E-state index contributed by atoms with van der Waals surface area (Å²) >= 11 is 2.54. The molecule has 1 N–H and O–H groups in total. The van der Waals surface area contributed by atoms with Crippen molar-refractivity contribution in [3.63, 3.8) is 0 Å². The molecule has 0 amide bonds. The highest BCUT2D eigenvalue weighted by molar-refractivity contribution is 9.10. The van der Waals surface area contributed by atoms with Crippen molar-refractivity contribution >= 4 is 21.9 Å². The van der Waals surface area contributed by atoms with Gasteiger partial charge >= 0.3 is 12.3 Å². The molecule has 0 saturated carbocycles. The Kier molecular flexibility index (Phi) is 4.66. The minimum absolute atomic E-state index is 0.594. The standard InChI is InChI=1S/C9H5BrF5NO3/c10-6-3(8(11)12)2-16-4(1-5(17)18)7(6)19-9(13,14)15/h2,8H,1H2,(H,17,18). The predicted molar refractivity (Wildman–Crippen MR) is 54.9 cm³/mol. The van der Waals surface area contributed by atoms with Gasteiger partial charge in [0.1, 0.15) is 0 Å². The summed E-state index contributed by atoms with van der Waals surface area (Å²) in [7, 11) is 0. The number of alkyl halides is 5. The van der Waals surface area contributed by atoms with Gasteiger partial charge < -0.3 is 9.84 Å². The van der Waals surface area contributed by atoms with E-state index in [0.29, 0.717) is 6.20 Å². The van der Waals surface area contributed by atoms with Gasteiger partial charge in [0.05, 0.1) is 22.2 Å². The average molecular weight is 350 g/mol. The lowest BCUT2D eigenvalue weighted by atomic mass is 10.2. The van der Waals surface area contributed by atoms with E-state index in [4.69, 9.17) is 5.11 Å². The minimum atomic E-state index is -5.15. The number of hydrogen-bond acceptors (Lipinski definition) is 3. The molecule has 0 aliphatic heterocycles. The second-order valence-corrected chi connectivity index (χ2v) is 4.02. The van der Waals surface area contributed by atoms with Gasteiger partial charge in [0.25, 0.3) is 6.43 Å². The molecule has 1 aromatic rings. The van der Waals surface area contributed by atoms with Crippen molar-refractivity contribution < 1.29 is 36.6 Å². The quantitative estimate of drug-likeness (QED) is 0.847. The van der Waals surface area contributed by atoms with Crippen molar-refractivity contribution in [2.75, 3.05) is 0 Å². The minimum Gasteiger partial charge on any atom is -0.481 e. The van der Waals surface area contributed by atoms with Crippen molar-refractivity contribution in [1.29, 1.82) is 0 Å². The highest BCUT2D eigenvalue weighted by Gasteiger charge is 2.35. The number of aromatic nitrogens is 1. The molecule has 4 nitrogen and oxygen atoms in total. The molecule has 0 unspecified atom stereocenters. The lowest BCUT2D eigenvalue weighted by Crippen LogP contribution is -2.20. The largest absolute Gasteiger partial charge is 0.573 e. The Labute approximate surface area is 111 Å². The smallest absolute Gasteiger partial charge is 0.481 e. The number of pyridine rings is 1. The van der Waals surface area contributed by atoms with Crippen LogP contribution in [0.25, 0.3) is 0 Å². The van der Waals surface area contributed by atoms with Crippen molar-refractivity contribution in [2.24, 2.45) is 0 Å². The van der Waals surface area contributed by atoms with Gasteiger partial charge in [-0.2, -0.15) is 0 Å². The van der Waals surface area contributed by atoms with Crippen LogP contribution >= 0.6 is 15.9 Å². The molecule has 1 rings (SSSR count). The summed E-state index contributed by atoms with van der Waals surface area (Å²) < 4.78 is 64.4. The highest BCUT2D eigenvalue weighted by Crippen LogP contribution is 2.38. The molecule has 0 aliphatic rings. The fourth-order valence-electron chi connectivity index (χ4n) is 1.16. The molecule has 1 aromatic heterocycles. The lowest BCUT2D eigenvalue weighted by molar-refractivity contribution is -0.275. The molecule has 0 fully saturated rings. The summed E-state index contributed by atoms with van der Waals surface area (Å²) in [6.45, 7) is 0. The van der Waals surface area contributed by atoms with Crippen LogP contribution in [0.1, 0.15) is 17.7 Å². The van der Waals surface area contributed by atoms with Crippen LogP contribution in [0.15, 0.2) is 10.7 Å². The van der Waals surface area contributed by atoms with Crippen LogP contribution < -0.4 is 4.74 Å². The number of carbonyl (C=O) groups is 1. The van der Waals surface area contributed by atoms with Gasteiger partial charge in [0, 0.05) is 6.20 Å². The maximum atomic E-state index is 12.5. The molecule has 106 valence electrons. The zero-order valence-electron chi connectivity index (χ0n) is 8.84. The maximum Gasteiger partial charge on any atom is 0.573 e. The van der Waals surface area contributed by atoms with Gasteiger partial charge in [-0.3, -0.25) is 9.78 Å². The Morgan fingerprint density at radius 2 is 2.05 bits per heavy atom. The molecule has 1 heterocycles. The lowest BCUT2D eigenvalue weighted by Gasteiger charge is -2.15. The van der Waals surface area contributed by atoms with Gasteiger partial charge in [0.2, 0.25) is 0 Å². The van der Waals surface area contributed by atoms with E-state index in [2.05, 4.69) is 25.7 Å². The summed E-state index contributed by atoms with van der Waals surface area (Å²) in [5, 5.41) is 8.52. The zero-order valence-corrected chi connectivity index (χ0v) is 10.4. The van der Waals surface area contributed by atoms with Crippen molar-refractivity contribution in [3.05, 3.63) is 21.9 Å². The van der Waals surface area contributed by atoms with E-state index >= 15 is 0 Å². The topological polar surface area (TPSA) is 59.4 Å². The van der Waals surface area contributed by atoms with Gasteiger partial charge in [-0.25, -0.2) is 8.78 Å². The Morgan fingerprint density at radius 1 is 1.47 bits per heavy atom. The fraction of sp³-hybridized carbons (Fsp3) is 0.333. The van der Waals surface area contributed by atoms with Crippen LogP contribution in [0.5, 0.6) is 5.75 Å². The number of ether oxygens (including phenoxy) is 1. The summed E-state index contributed by atoms with van der Waals surface area (Å²) in [6, 6.07) is 0. The number of rotatable bonds is 4. The third-order valence-corrected chi connectivity index (χ3v) is 2.66. The fourth-order valence-corrected chi connectivity index (χ4v) is 1.75. The number of halogens is 6. The maximum absolute atomic E-state index is 12.5. The summed E-state index contributed by atoms with van der Waals surface area (Å²) in [4.78, 5) is 13.7.